The number of fused-ring (bicyclic) bond motifs is 1. The lowest BCUT2D eigenvalue weighted by Gasteiger charge is -2.34. The lowest BCUT2D eigenvalue weighted by atomic mass is 10.1. The first kappa shape index (κ1) is 25.6. The van der Waals surface area contributed by atoms with E-state index in [9.17, 15) is 18.8 Å². The molecule has 2 aromatic rings. The number of Topliss-reactive ketones (excluding diaryl/α,β-unsaturated/α-hetero) is 1. The van der Waals surface area contributed by atoms with Gasteiger partial charge in [-0.3, -0.25) is 19.3 Å². The molecule has 2 heterocycles. The molecular formula is C27H32FN3O5. The molecule has 2 amide bonds. The monoisotopic (exact) mass is 497 g/mol. The number of rotatable bonds is 9. The summed E-state index contributed by atoms with van der Waals surface area (Å²) < 4.78 is 24.4. The number of halogens is 1. The number of carbonyl (C=O) groups excluding carboxylic acids is 3. The van der Waals surface area contributed by atoms with Crippen molar-refractivity contribution in [3.05, 3.63) is 53.3 Å². The van der Waals surface area contributed by atoms with Gasteiger partial charge in [0.2, 0.25) is 5.91 Å². The van der Waals surface area contributed by atoms with E-state index in [0.29, 0.717) is 34.9 Å². The van der Waals surface area contributed by atoms with Gasteiger partial charge in [0.05, 0.1) is 5.69 Å². The predicted octanol–water partition coefficient (Wildman–Crippen LogP) is 3.11. The Kier molecular flexibility index (Phi) is 8.20. The number of ether oxygens (including phenoxy) is 2. The molecule has 0 unspecified atom stereocenters. The Labute approximate surface area is 210 Å². The van der Waals surface area contributed by atoms with E-state index in [-0.39, 0.29) is 36.6 Å². The van der Waals surface area contributed by atoms with Gasteiger partial charge in [0.25, 0.3) is 5.91 Å². The van der Waals surface area contributed by atoms with E-state index in [1.54, 1.807) is 32.0 Å². The first-order chi connectivity index (χ1) is 17.3. The molecule has 2 aliphatic heterocycles. The van der Waals surface area contributed by atoms with E-state index in [0.717, 1.165) is 19.6 Å². The summed E-state index contributed by atoms with van der Waals surface area (Å²) in [6.07, 6.45) is 3.61. The molecule has 192 valence electrons. The van der Waals surface area contributed by atoms with Crippen LogP contribution in [0.5, 0.6) is 11.5 Å². The Morgan fingerprint density at radius 1 is 1.14 bits per heavy atom. The van der Waals surface area contributed by atoms with Gasteiger partial charge in [0.15, 0.2) is 19.0 Å². The van der Waals surface area contributed by atoms with E-state index in [1.165, 1.54) is 42.4 Å². The van der Waals surface area contributed by atoms with Crippen molar-refractivity contribution >= 4 is 23.3 Å². The fraction of sp³-hybridized carbons (Fsp3) is 0.444. The van der Waals surface area contributed by atoms with Gasteiger partial charge >= 0.3 is 0 Å². The van der Waals surface area contributed by atoms with Crippen molar-refractivity contribution in [1.29, 1.82) is 0 Å². The molecule has 0 saturated carbocycles. The number of anilines is 1. The number of ketones is 1. The van der Waals surface area contributed by atoms with Gasteiger partial charge in [-0.25, -0.2) is 4.39 Å². The van der Waals surface area contributed by atoms with Crippen LogP contribution in [0.15, 0.2) is 36.4 Å². The molecule has 1 atom stereocenters. The zero-order chi connectivity index (χ0) is 25.7. The number of likely N-dealkylation sites (tertiary alicyclic amines) is 1. The molecule has 0 spiro atoms. The third kappa shape index (κ3) is 6.02. The van der Waals surface area contributed by atoms with Gasteiger partial charge in [-0.15, -0.1) is 0 Å². The minimum atomic E-state index is -0.773. The number of hydrogen-bond acceptors (Lipinski definition) is 6. The summed E-state index contributed by atoms with van der Waals surface area (Å²) >= 11 is 0. The summed E-state index contributed by atoms with van der Waals surface area (Å²) in [7, 11) is 0. The van der Waals surface area contributed by atoms with Crippen LogP contribution in [-0.2, 0) is 9.59 Å². The maximum atomic E-state index is 13.3. The van der Waals surface area contributed by atoms with Crippen molar-refractivity contribution in [3.63, 3.8) is 0 Å². The fourth-order valence-electron chi connectivity index (χ4n) is 4.56. The molecular weight excluding hydrogens is 465 g/mol. The Morgan fingerprint density at radius 2 is 1.92 bits per heavy atom. The zero-order valence-corrected chi connectivity index (χ0v) is 20.7. The number of piperidine rings is 1. The standard InChI is InChI=1S/C27H32FN3O5/c1-18-14-21(28)7-9-24(18)35-16-23(32)20-6-8-25-22(15-20)31(26(33)17-36-25)19(2)27(34)29-10-13-30-11-4-3-5-12-30/h6-9,14-15,19H,3-5,10-13,16-17H2,1-2H3,(H,29,34)/t19-/m0/s1. The van der Waals surface area contributed by atoms with Crippen LogP contribution in [0, 0.1) is 12.7 Å². The van der Waals surface area contributed by atoms with Gasteiger partial charge < -0.3 is 19.7 Å². The van der Waals surface area contributed by atoms with Crippen molar-refractivity contribution in [1.82, 2.24) is 10.2 Å². The second-order valence-corrected chi connectivity index (χ2v) is 9.23. The lowest BCUT2D eigenvalue weighted by molar-refractivity contribution is -0.127. The van der Waals surface area contributed by atoms with Crippen LogP contribution in [0.4, 0.5) is 10.1 Å². The minimum absolute atomic E-state index is 0.182. The third-order valence-electron chi connectivity index (χ3n) is 6.60. The smallest absolute Gasteiger partial charge is 0.265 e. The third-order valence-corrected chi connectivity index (χ3v) is 6.60. The Balaban J connectivity index is 1.42. The molecule has 8 nitrogen and oxygen atoms in total. The molecule has 0 aliphatic carbocycles. The van der Waals surface area contributed by atoms with Crippen LogP contribution in [-0.4, -0.2) is 67.9 Å². The lowest BCUT2D eigenvalue weighted by Crippen LogP contribution is -2.52. The van der Waals surface area contributed by atoms with Crippen LogP contribution in [0.25, 0.3) is 0 Å². The van der Waals surface area contributed by atoms with Crippen LogP contribution in [0.2, 0.25) is 0 Å². The van der Waals surface area contributed by atoms with E-state index in [4.69, 9.17) is 9.47 Å². The molecule has 2 aliphatic rings. The highest BCUT2D eigenvalue weighted by atomic mass is 19.1. The highest BCUT2D eigenvalue weighted by Crippen LogP contribution is 2.34. The van der Waals surface area contributed by atoms with Crippen LogP contribution in [0.1, 0.15) is 42.1 Å². The second kappa shape index (κ2) is 11.5. The van der Waals surface area contributed by atoms with Crippen molar-refractivity contribution in [2.24, 2.45) is 0 Å². The summed E-state index contributed by atoms with van der Waals surface area (Å²) in [4.78, 5) is 42.2. The van der Waals surface area contributed by atoms with Gasteiger partial charge in [-0.05, 0) is 81.7 Å². The molecule has 0 aromatic heterocycles. The van der Waals surface area contributed by atoms with Crippen molar-refractivity contribution in [2.45, 2.75) is 39.2 Å². The molecule has 0 radical (unpaired) electrons. The summed E-state index contributed by atoms with van der Waals surface area (Å²) in [6, 6.07) is 8.07. The summed E-state index contributed by atoms with van der Waals surface area (Å²) in [5.74, 6) is -0.482. The molecule has 4 rings (SSSR count). The van der Waals surface area contributed by atoms with E-state index in [2.05, 4.69) is 10.2 Å². The van der Waals surface area contributed by atoms with Gasteiger partial charge in [-0.1, -0.05) is 6.42 Å². The summed E-state index contributed by atoms with van der Waals surface area (Å²) in [5, 5.41) is 2.93. The molecule has 36 heavy (non-hydrogen) atoms. The molecule has 0 bridgehead atoms. The summed E-state index contributed by atoms with van der Waals surface area (Å²) in [5.41, 5.74) is 1.27. The number of nitrogens with one attached hydrogen (secondary N) is 1. The Hall–Kier alpha value is -3.46. The molecule has 1 N–H and O–H groups in total. The highest BCUT2D eigenvalue weighted by Gasteiger charge is 2.33. The molecule has 9 heteroatoms. The number of aryl methyl sites for hydroxylation is 1. The zero-order valence-electron chi connectivity index (χ0n) is 20.7. The number of amides is 2. The minimum Gasteiger partial charge on any atom is -0.485 e. The van der Waals surface area contributed by atoms with Crippen LogP contribution >= 0.6 is 0 Å². The number of nitrogens with zero attached hydrogens (tertiary/aromatic N) is 2. The van der Waals surface area contributed by atoms with E-state index in [1.807, 2.05) is 0 Å². The Morgan fingerprint density at radius 3 is 2.67 bits per heavy atom. The second-order valence-electron chi connectivity index (χ2n) is 9.23. The number of benzene rings is 2. The normalized spacial score (nSPS) is 16.6. The first-order valence-electron chi connectivity index (χ1n) is 12.3. The molecule has 2 aromatic carbocycles. The van der Waals surface area contributed by atoms with Crippen LogP contribution in [0.3, 0.4) is 0 Å². The van der Waals surface area contributed by atoms with E-state index < -0.39 is 6.04 Å². The number of hydrogen-bond donors (Lipinski definition) is 1. The van der Waals surface area contributed by atoms with Crippen molar-refractivity contribution < 1.29 is 28.2 Å². The average Bonchev–Trinajstić information content (AvgIpc) is 2.87. The van der Waals surface area contributed by atoms with Gasteiger partial charge in [-0.2, -0.15) is 0 Å². The topological polar surface area (TPSA) is 88.2 Å². The highest BCUT2D eigenvalue weighted by molar-refractivity contribution is 6.05. The number of carbonyl (C=O) groups is 3. The molecule has 1 saturated heterocycles. The SMILES string of the molecule is Cc1cc(F)ccc1OCC(=O)c1ccc2c(c1)N([C@@H](C)C(=O)NCCN1CCCCC1)C(=O)CO2. The van der Waals surface area contributed by atoms with Gasteiger partial charge in [0, 0.05) is 18.7 Å². The predicted molar refractivity (Wildman–Crippen MR) is 133 cm³/mol. The van der Waals surface area contributed by atoms with Gasteiger partial charge in [0.1, 0.15) is 23.4 Å². The maximum Gasteiger partial charge on any atom is 0.265 e. The maximum absolute atomic E-state index is 13.3. The largest absolute Gasteiger partial charge is 0.485 e. The first-order valence-corrected chi connectivity index (χ1v) is 12.3. The quantitative estimate of drug-likeness (QED) is 0.536. The van der Waals surface area contributed by atoms with E-state index >= 15 is 0 Å². The van der Waals surface area contributed by atoms with Crippen LogP contribution < -0.4 is 19.7 Å². The molecule has 1 fully saturated rings. The van der Waals surface area contributed by atoms with Crippen molar-refractivity contribution in [3.8, 4) is 11.5 Å². The Bertz CT molecular complexity index is 1130. The van der Waals surface area contributed by atoms with Crippen molar-refractivity contribution in [2.75, 3.05) is 44.3 Å². The summed E-state index contributed by atoms with van der Waals surface area (Å²) in [6.45, 7) is 6.29. The average molecular weight is 498 g/mol. The fourth-order valence-corrected chi connectivity index (χ4v) is 4.56.